The minimum Gasteiger partial charge on any atom is -0.497 e. The van der Waals surface area contributed by atoms with E-state index in [0.717, 1.165) is 41.2 Å². The van der Waals surface area contributed by atoms with Crippen molar-refractivity contribution in [2.75, 3.05) is 26.0 Å². The summed E-state index contributed by atoms with van der Waals surface area (Å²) in [6.45, 7) is 2.75. The second kappa shape index (κ2) is 7.52. The minimum atomic E-state index is -3.12. The standard InChI is InChI=1S/C20H24N4O3S/c1-3-28(25,26)23-11-9-15(10-12-23)20-21-19-8-7-17(14-24(19)22-20)16-5-4-6-18(13-16)27-2/h4-8,13-15H,3,9-12H2,1-2H3. The van der Waals surface area contributed by atoms with Crippen molar-refractivity contribution >= 4 is 15.7 Å². The maximum atomic E-state index is 12.0. The number of rotatable bonds is 5. The fourth-order valence-electron chi connectivity index (χ4n) is 3.62. The smallest absolute Gasteiger partial charge is 0.213 e. The lowest BCUT2D eigenvalue weighted by atomic mass is 9.98. The molecule has 0 amide bonds. The Bertz CT molecular complexity index is 1090. The summed E-state index contributed by atoms with van der Waals surface area (Å²) in [6, 6.07) is 11.9. The molecule has 0 saturated carbocycles. The van der Waals surface area contributed by atoms with Gasteiger partial charge in [-0.25, -0.2) is 22.2 Å². The highest BCUT2D eigenvalue weighted by Gasteiger charge is 2.29. The van der Waals surface area contributed by atoms with Gasteiger partial charge in [-0.05, 0) is 49.6 Å². The Morgan fingerprint density at radius 1 is 1.14 bits per heavy atom. The Morgan fingerprint density at radius 3 is 2.64 bits per heavy atom. The second-order valence-corrected chi connectivity index (χ2v) is 9.25. The van der Waals surface area contributed by atoms with E-state index in [1.54, 1.807) is 22.9 Å². The van der Waals surface area contributed by atoms with E-state index in [-0.39, 0.29) is 11.7 Å². The highest BCUT2D eigenvalue weighted by Crippen LogP contribution is 2.28. The van der Waals surface area contributed by atoms with E-state index < -0.39 is 10.0 Å². The SMILES string of the molecule is CCS(=O)(=O)N1CCC(c2nc3ccc(-c4cccc(OC)c4)cn3n2)CC1. The predicted molar refractivity (Wildman–Crippen MR) is 108 cm³/mol. The normalized spacial score (nSPS) is 16.5. The average Bonchev–Trinajstić information content (AvgIpc) is 3.17. The Labute approximate surface area is 165 Å². The van der Waals surface area contributed by atoms with Crippen LogP contribution in [0, 0.1) is 0 Å². The molecule has 1 aliphatic rings. The molecule has 0 atom stereocenters. The average molecular weight is 401 g/mol. The molecule has 0 radical (unpaired) electrons. The molecule has 0 spiro atoms. The summed E-state index contributed by atoms with van der Waals surface area (Å²) in [5, 5.41) is 4.68. The number of piperidine rings is 1. The maximum Gasteiger partial charge on any atom is 0.213 e. The third-order valence-electron chi connectivity index (χ3n) is 5.33. The molecule has 148 valence electrons. The van der Waals surface area contributed by atoms with Crippen LogP contribution in [-0.2, 0) is 10.0 Å². The summed E-state index contributed by atoms with van der Waals surface area (Å²) in [5.41, 5.74) is 2.88. The van der Waals surface area contributed by atoms with Gasteiger partial charge in [0.25, 0.3) is 0 Å². The molecule has 4 rings (SSSR count). The molecule has 7 nitrogen and oxygen atoms in total. The fourth-order valence-corrected chi connectivity index (χ4v) is 4.75. The van der Waals surface area contributed by atoms with Crippen LogP contribution in [0.5, 0.6) is 5.75 Å². The molecule has 2 aromatic heterocycles. The van der Waals surface area contributed by atoms with Gasteiger partial charge < -0.3 is 4.74 Å². The molecule has 0 bridgehead atoms. The molecule has 1 aromatic carbocycles. The monoisotopic (exact) mass is 400 g/mol. The Kier molecular flexibility index (Phi) is 5.07. The summed E-state index contributed by atoms with van der Waals surface area (Å²) >= 11 is 0. The highest BCUT2D eigenvalue weighted by molar-refractivity contribution is 7.89. The van der Waals surface area contributed by atoms with Crippen LogP contribution >= 0.6 is 0 Å². The third kappa shape index (κ3) is 3.62. The van der Waals surface area contributed by atoms with Gasteiger partial charge in [0.05, 0.1) is 12.9 Å². The molecule has 0 aliphatic carbocycles. The molecule has 3 aromatic rings. The van der Waals surface area contributed by atoms with Crippen LogP contribution in [0.15, 0.2) is 42.6 Å². The zero-order valence-electron chi connectivity index (χ0n) is 16.1. The molecule has 0 unspecified atom stereocenters. The number of ether oxygens (including phenoxy) is 1. The Morgan fingerprint density at radius 2 is 1.93 bits per heavy atom. The number of methoxy groups -OCH3 is 1. The summed E-state index contributed by atoms with van der Waals surface area (Å²) < 4.78 is 32.8. The van der Waals surface area contributed by atoms with Gasteiger partial charge in [-0.15, -0.1) is 0 Å². The number of fused-ring (bicyclic) bond motifs is 1. The Hall–Kier alpha value is -2.45. The van der Waals surface area contributed by atoms with E-state index in [2.05, 4.69) is 10.1 Å². The van der Waals surface area contributed by atoms with Gasteiger partial charge >= 0.3 is 0 Å². The quantitative estimate of drug-likeness (QED) is 0.658. The van der Waals surface area contributed by atoms with E-state index >= 15 is 0 Å². The summed E-state index contributed by atoms with van der Waals surface area (Å²) in [6.07, 6.45) is 3.47. The molecule has 8 heteroatoms. The lowest BCUT2D eigenvalue weighted by Gasteiger charge is -2.29. The largest absolute Gasteiger partial charge is 0.497 e. The summed E-state index contributed by atoms with van der Waals surface area (Å²) in [4.78, 5) is 4.67. The third-order valence-corrected chi connectivity index (χ3v) is 7.21. The summed E-state index contributed by atoms with van der Waals surface area (Å²) in [5.74, 6) is 1.93. The second-order valence-electron chi connectivity index (χ2n) is 7.00. The van der Waals surface area contributed by atoms with Crippen molar-refractivity contribution in [3.63, 3.8) is 0 Å². The van der Waals surface area contributed by atoms with Gasteiger partial charge in [0, 0.05) is 30.8 Å². The van der Waals surface area contributed by atoms with Crippen molar-refractivity contribution < 1.29 is 13.2 Å². The van der Waals surface area contributed by atoms with Gasteiger partial charge in [0.1, 0.15) is 5.75 Å². The van der Waals surface area contributed by atoms with Gasteiger partial charge in [-0.3, -0.25) is 0 Å². The molecule has 0 N–H and O–H groups in total. The van der Waals surface area contributed by atoms with Crippen LogP contribution in [0.1, 0.15) is 31.5 Å². The van der Waals surface area contributed by atoms with Gasteiger partial charge in [-0.2, -0.15) is 5.10 Å². The van der Waals surface area contributed by atoms with Crippen LogP contribution in [0.4, 0.5) is 0 Å². The first-order valence-corrected chi connectivity index (χ1v) is 11.1. The molecule has 1 fully saturated rings. The van der Waals surface area contributed by atoms with Crippen molar-refractivity contribution in [3.05, 3.63) is 48.4 Å². The first-order valence-electron chi connectivity index (χ1n) is 9.49. The van der Waals surface area contributed by atoms with Crippen LogP contribution in [0.2, 0.25) is 0 Å². The molecular weight excluding hydrogens is 376 g/mol. The molecule has 3 heterocycles. The van der Waals surface area contributed by atoms with E-state index in [9.17, 15) is 8.42 Å². The van der Waals surface area contributed by atoms with E-state index in [4.69, 9.17) is 4.74 Å². The van der Waals surface area contributed by atoms with Crippen LogP contribution in [-0.4, -0.2) is 53.3 Å². The number of benzene rings is 1. The number of aromatic nitrogens is 3. The lowest BCUT2D eigenvalue weighted by molar-refractivity contribution is 0.314. The van der Waals surface area contributed by atoms with Crippen LogP contribution in [0.25, 0.3) is 16.8 Å². The van der Waals surface area contributed by atoms with Crippen molar-refractivity contribution in [2.24, 2.45) is 0 Å². The zero-order chi connectivity index (χ0) is 19.7. The Balaban J connectivity index is 1.56. The van der Waals surface area contributed by atoms with Gasteiger partial charge in [0.15, 0.2) is 11.5 Å². The van der Waals surface area contributed by atoms with Crippen molar-refractivity contribution in [2.45, 2.75) is 25.7 Å². The number of pyridine rings is 1. The molecule has 28 heavy (non-hydrogen) atoms. The van der Waals surface area contributed by atoms with Crippen LogP contribution in [0.3, 0.4) is 0 Å². The number of nitrogens with zero attached hydrogens (tertiary/aromatic N) is 4. The van der Waals surface area contributed by atoms with Gasteiger partial charge in [0.2, 0.25) is 10.0 Å². The number of sulfonamides is 1. The zero-order valence-corrected chi connectivity index (χ0v) is 16.9. The molecule has 1 saturated heterocycles. The minimum absolute atomic E-state index is 0.150. The topological polar surface area (TPSA) is 76.8 Å². The van der Waals surface area contributed by atoms with Crippen molar-refractivity contribution in [1.82, 2.24) is 18.9 Å². The van der Waals surface area contributed by atoms with Crippen molar-refractivity contribution in [3.8, 4) is 16.9 Å². The lowest BCUT2D eigenvalue weighted by Crippen LogP contribution is -2.38. The molecular formula is C20H24N4O3S. The summed E-state index contributed by atoms with van der Waals surface area (Å²) in [7, 11) is -1.46. The number of hydrogen-bond acceptors (Lipinski definition) is 5. The van der Waals surface area contributed by atoms with E-state index in [1.807, 2.05) is 42.6 Å². The van der Waals surface area contributed by atoms with E-state index in [1.165, 1.54) is 0 Å². The van der Waals surface area contributed by atoms with Crippen LogP contribution < -0.4 is 4.74 Å². The molecule has 1 aliphatic heterocycles. The highest BCUT2D eigenvalue weighted by atomic mass is 32.2. The first kappa shape index (κ1) is 18.9. The first-order chi connectivity index (χ1) is 13.5. The maximum absolute atomic E-state index is 12.0. The van der Waals surface area contributed by atoms with Gasteiger partial charge in [-0.1, -0.05) is 12.1 Å². The number of hydrogen-bond donors (Lipinski definition) is 0. The predicted octanol–water partition coefficient (Wildman–Crippen LogP) is 2.93. The van der Waals surface area contributed by atoms with E-state index in [0.29, 0.717) is 13.1 Å². The van der Waals surface area contributed by atoms with Crippen molar-refractivity contribution in [1.29, 1.82) is 0 Å². The fraction of sp³-hybridized carbons (Fsp3) is 0.400.